The molecule has 0 spiro atoms. The van der Waals surface area contributed by atoms with Crippen LogP contribution in [0.15, 0.2) is 60.8 Å². The first-order chi connectivity index (χ1) is 41.0. The van der Waals surface area contributed by atoms with E-state index in [1.807, 2.05) is 0 Å². The fourth-order valence-corrected chi connectivity index (χ4v) is 11.0. The number of hydrogen-bond acceptors (Lipinski definition) is 6. The Labute approximate surface area is 517 Å². The third-order valence-corrected chi connectivity index (χ3v) is 16.5. The van der Waals surface area contributed by atoms with Gasteiger partial charge < -0.3 is 14.2 Å². The molecule has 6 heteroatoms. The first-order valence-electron chi connectivity index (χ1n) is 36.8. The molecule has 0 rings (SSSR count). The maximum absolute atomic E-state index is 13.0. The number of carbonyl (C=O) groups excluding carboxylic acids is 3. The summed E-state index contributed by atoms with van der Waals surface area (Å²) in [6.07, 6.45) is 92.8. The molecule has 83 heavy (non-hydrogen) atoms. The Hall–Kier alpha value is -2.89. The monoisotopic (exact) mass is 1160 g/mol. The highest BCUT2D eigenvalue weighted by atomic mass is 16.6. The second-order valence-electron chi connectivity index (χ2n) is 24.8. The van der Waals surface area contributed by atoms with E-state index >= 15 is 0 Å². The van der Waals surface area contributed by atoms with Crippen molar-refractivity contribution >= 4 is 17.9 Å². The van der Waals surface area contributed by atoms with E-state index in [4.69, 9.17) is 14.2 Å². The topological polar surface area (TPSA) is 78.9 Å². The van der Waals surface area contributed by atoms with Crippen LogP contribution in [-0.4, -0.2) is 37.2 Å². The fourth-order valence-electron chi connectivity index (χ4n) is 11.0. The molecule has 0 amide bonds. The zero-order valence-electron chi connectivity index (χ0n) is 55.7. The second-order valence-corrected chi connectivity index (χ2v) is 24.8. The fraction of sp³-hybridized carbons (Fsp3) is 0.831. The van der Waals surface area contributed by atoms with Crippen LogP contribution in [0, 0.1) is 0 Å². The molecule has 0 aliphatic heterocycles. The molecular weight excluding hydrogens is 1020 g/mol. The maximum Gasteiger partial charge on any atom is 0.306 e. The van der Waals surface area contributed by atoms with E-state index in [2.05, 4.69) is 81.5 Å². The number of rotatable bonds is 68. The van der Waals surface area contributed by atoms with E-state index in [-0.39, 0.29) is 31.1 Å². The first-order valence-corrected chi connectivity index (χ1v) is 36.8. The molecule has 0 aliphatic rings. The van der Waals surface area contributed by atoms with Gasteiger partial charge in [0, 0.05) is 19.3 Å². The first kappa shape index (κ1) is 80.1. The molecular formula is C77H140O6. The summed E-state index contributed by atoms with van der Waals surface area (Å²) < 4.78 is 17.0. The van der Waals surface area contributed by atoms with Crippen molar-refractivity contribution in [2.45, 2.75) is 399 Å². The zero-order chi connectivity index (χ0) is 59.9. The average molecular weight is 1160 g/mol. The summed E-state index contributed by atoms with van der Waals surface area (Å²) in [5.41, 5.74) is 0. The molecule has 0 bridgehead atoms. The predicted molar refractivity (Wildman–Crippen MR) is 362 cm³/mol. The lowest BCUT2D eigenvalue weighted by Crippen LogP contribution is -2.30. The lowest BCUT2D eigenvalue weighted by atomic mass is 10.0. The standard InChI is InChI=1S/C77H140O6/c1-4-7-10-13-16-19-22-25-28-30-32-34-35-36-37-38-39-40-41-43-44-46-49-52-55-58-61-64-67-70-76(79)82-73-74(72-81-75(78)69-66-63-60-57-54-51-48-27-24-21-18-15-12-9-6-3)83-77(80)71-68-65-62-59-56-53-50-47-45-42-33-31-29-26-23-20-17-14-11-8-5-2/h9,12,18,21,27,31,33,48,54,57,74H,4-8,10-11,13-17,19-20,22-26,28-30,32,34-47,49-53,55-56,58-73H2,1-3H3/b12-9-,21-18-,33-31-,48-27-,57-54-. The molecule has 6 nitrogen and oxygen atoms in total. The normalized spacial score (nSPS) is 12.4. The summed E-state index contributed by atoms with van der Waals surface area (Å²) >= 11 is 0. The van der Waals surface area contributed by atoms with Crippen LogP contribution in [0.1, 0.15) is 393 Å². The summed E-state index contributed by atoms with van der Waals surface area (Å²) in [6.45, 7) is 6.56. The van der Waals surface area contributed by atoms with Crippen molar-refractivity contribution in [1.82, 2.24) is 0 Å². The molecule has 0 N–H and O–H groups in total. The Bertz CT molecular complexity index is 1470. The van der Waals surface area contributed by atoms with Gasteiger partial charge in [0.15, 0.2) is 6.10 Å². The van der Waals surface area contributed by atoms with Gasteiger partial charge in [-0.05, 0) is 83.5 Å². The van der Waals surface area contributed by atoms with Crippen molar-refractivity contribution in [3.05, 3.63) is 60.8 Å². The molecule has 0 aromatic carbocycles. The van der Waals surface area contributed by atoms with Crippen LogP contribution >= 0.6 is 0 Å². The number of hydrogen-bond donors (Lipinski definition) is 0. The zero-order valence-corrected chi connectivity index (χ0v) is 55.7. The van der Waals surface area contributed by atoms with Gasteiger partial charge in [-0.1, -0.05) is 351 Å². The van der Waals surface area contributed by atoms with Crippen LogP contribution in [0.3, 0.4) is 0 Å². The molecule has 0 radical (unpaired) electrons. The minimum absolute atomic E-state index is 0.0845. The summed E-state index contributed by atoms with van der Waals surface area (Å²) in [5, 5.41) is 0. The van der Waals surface area contributed by atoms with E-state index in [1.54, 1.807) is 0 Å². The Kier molecular flexibility index (Phi) is 69.1. The highest BCUT2D eigenvalue weighted by molar-refractivity contribution is 5.71. The molecule has 0 saturated carbocycles. The molecule has 0 aromatic heterocycles. The SMILES string of the molecule is CC/C=C\C/C=C\C/C=C\C/C=C\CCCCC(=O)OCC(COC(=O)CCCCCCCCCCCCCCCCCCCCCCCCCCCCCCC)OC(=O)CCCCCCCCCCC/C=C\CCCCCCCCCC. The van der Waals surface area contributed by atoms with Crippen LogP contribution in [-0.2, 0) is 28.6 Å². The van der Waals surface area contributed by atoms with Gasteiger partial charge in [-0.2, -0.15) is 0 Å². The summed E-state index contributed by atoms with van der Waals surface area (Å²) in [6, 6.07) is 0. The van der Waals surface area contributed by atoms with Crippen molar-refractivity contribution in [1.29, 1.82) is 0 Å². The quantitative estimate of drug-likeness (QED) is 0.0261. The van der Waals surface area contributed by atoms with Crippen molar-refractivity contribution in [3.63, 3.8) is 0 Å². The number of allylic oxidation sites excluding steroid dienone is 10. The highest BCUT2D eigenvalue weighted by Gasteiger charge is 2.19. The number of unbranched alkanes of at least 4 members (excludes halogenated alkanes) is 47. The maximum atomic E-state index is 13.0. The number of carbonyl (C=O) groups is 3. The van der Waals surface area contributed by atoms with E-state index < -0.39 is 6.10 Å². The molecule has 1 atom stereocenters. The Morgan fingerprint density at radius 2 is 0.470 bits per heavy atom. The molecule has 0 saturated heterocycles. The summed E-state index contributed by atoms with van der Waals surface area (Å²) in [5.74, 6) is -0.906. The summed E-state index contributed by atoms with van der Waals surface area (Å²) in [4.78, 5) is 38.5. The van der Waals surface area contributed by atoms with Crippen molar-refractivity contribution in [2.75, 3.05) is 13.2 Å². The van der Waals surface area contributed by atoms with Crippen LogP contribution in [0.5, 0.6) is 0 Å². The van der Waals surface area contributed by atoms with Crippen LogP contribution in [0.4, 0.5) is 0 Å². The van der Waals surface area contributed by atoms with Crippen molar-refractivity contribution in [2.24, 2.45) is 0 Å². The number of esters is 3. The van der Waals surface area contributed by atoms with Crippen molar-refractivity contribution < 1.29 is 28.6 Å². The van der Waals surface area contributed by atoms with Crippen LogP contribution < -0.4 is 0 Å². The van der Waals surface area contributed by atoms with E-state index in [0.29, 0.717) is 19.3 Å². The van der Waals surface area contributed by atoms with Crippen LogP contribution in [0.2, 0.25) is 0 Å². The second kappa shape index (κ2) is 71.6. The molecule has 0 aliphatic carbocycles. The molecule has 1 unspecified atom stereocenters. The van der Waals surface area contributed by atoms with Gasteiger partial charge in [0.05, 0.1) is 0 Å². The van der Waals surface area contributed by atoms with Gasteiger partial charge in [-0.15, -0.1) is 0 Å². The highest BCUT2D eigenvalue weighted by Crippen LogP contribution is 2.19. The molecule has 0 aromatic rings. The largest absolute Gasteiger partial charge is 0.462 e. The predicted octanol–water partition coefficient (Wildman–Crippen LogP) is 25.5. The lowest BCUT2D eigenvalue weighted by molar-refractivity contribution is -0.167. The van der Waals surface area contributed by atoms with Gasteiger partial charge in [0.2, 0.25) is 0 Å². The van der Waals surface area contributed by atoms with Gasteiger partial charge in [-0.25, -0.2) is 0 Å². The third-order valence-electron chi connectivity index (χ3n) is 16.5. The lowest BCUT2D eigenvalue weighted by Gasteiger charge is -2.18. The van der Waals surface area contributed by atoms with E-state index in [1.165, 1.54) is 270 Å². The average Bonchev–Trinajstić information content (AvgIpc) is 3.49. The van der Waals surface area contributed by atoms with E-state index in [0.717, 1.165) is 83.5 Å². The summed E-state index contributed by atoms with van der Waals surface area (Å²) in [7, 11) is 0. The third kappa shape index (κ3) is 69.8. The van der Waals surface area contributed by atoms with Gasteiger partial charge >= 0.3 is 17.9 Å². The minimum atomic E-state index is -0.793. The number of ether oxygens (including phenoxy) is 3. The van der Waals surface area contributed by atoms with Gasteiger partial charge in [-0.3, -0.25) is 14.4 Å². The minimum Gasteiger partial charge on any atom is -0.462 e. The van der Waals surface area contributed by atoms with Crippen LogP contribution in [0.25, 0.3) is 0 Å². The smallest absolute Gasteiger partial charge is 0.306 e. The molecule has 0 fully saturated rings. The van der Waals surface area contributed by atoms with Crippen molar-refractivity contribution in [3.8, 4) is 0 Å². The molecule has 0 heterocycles. The molecule has 484 valence electrons. The Balaban J connectivity index is 4.25. The Morgan fingerprint density at radius 3 is 0.771 bits per heavy atom. The van der Waals surface area contributed by atoms with E-state index in [9.17, 15) is 14.4 Å². The van der Waals surface area contributed by atoms with Gasteiger partial charge in [0.25, 0.3) is 0 Å². The van der Waals surface area contributed by atoms with Gasteiger partial charge in [0.1, 0.15) is 13.2 Å². The Morgan fingerprint density at radius 1 is 0.253 bits per heavy atom.